The first-order chi connectivity index (χ1) is 9.28. The molecule has 0 unspecified atom stereocenters. The first kappa shape index (κ1) is 20.6. The van der Waals surface area contributed by atoms with Crippen LogP contribution in [0.25, 0.3) is 0 Å². The van der Waals surface area contributed by atoms with Crippen molar-refractivity contribution < 1.29 is 0 Å². The van der Waals surface area contributed by atoms with Crippen LogP contribution in [0.15, 0.2) is 0 Å². The van der Waals surface area contributed by atoms with Gasteiger partial charge in [0.1, 0.15) is 0 Å². The third-order valence-electron chi connectivity index (χ3n) is 3.71. The van der Waals surface area contributed by atoms with Crippen molar-refractivity contribution in [1.82, 2.24) is 0 Å². The molecule has 0 aliphatic carbocycles. The van der Waals surface area contributed by atoms with Gasteiger partial charge in [-0.3, -0.25) is 0 Å². The number of rotatable bonds is 14. The Morgan fingerprint density at radius 1 is 0.474 bits per heavy atom. The molecule has 0 fully saturated rings. The van der Waals surface area contributed by atoms with Crippen molar-refractivity contribution in [3.63, 3.8) is 0 Å². The maximum absolute atomic E-state index is 2.38. The summed E-state index contributed by atoms with van der Waals surface area (Å²) in [5.41, 5.74) is 0. The van der Waals surface area contributed by atoms with E-state index in [1.165, 1.54) is 25.7 Å². The molecule has 0 aliphatic rings. The van der Waals surface area contributed by atoms with Crippen LogP contribution in [-0.2, 0) is 0 Å². The summed E-state index contributed by atoms with van der Waals surface area (Å²) in [4.78, 5) is 0. The van der Waals surface area contributed by atoms with Crippen LogP contribution < -0.4 is 0 Å². The molecule has 0 aromatic heterocycles. The summed E-state index contributed by atoms with van der Waals surface area (Å²) in [5, 5.41) is 0. The molecule has 0 aromatic carbocycles. The molecule has 0 bridgehead atoms. The zero-order chi connectivity index (χ0) is 14.3. The summed E-state index contributed by atoms with van der Waals surface area (Å²) < 4.78 is 8.78. The van der Waals surface area contributed by atoms with E-state index in [4.69, 9.17) is 0 Å². The molecule has 0 spiro atoms. The van der Waals surface area contributed by atoms with Gasteiger partial charge in [-0.05, 0) is 0 Å². The van der Waals surface area contributed by atoms with Gasteiger partial charge in [-0.1, -0.05) is 0 Å². The fourth-order valence-electron chi connectivity index (χ4n) is 2.32. The summed E-state index contributed by atoms with van der Waals surface area (Å²) in [6, 6.07) is 0. The van der Waals surface area contributed by atoms with Crippen molar-refractivity contribution in [1.29, 1.82) is 0 Å². The Kier molecular flexibility index (Phi) is 17.4. The second kappa shape index (κ2) is 16.0. The summed E-state index contributed by atoms with van der Waals surface area (Å²) >= 11 is -1.58. The molecule has 0 aromatic rings. The van der Waals surface area contributed by atoms with Gasteiger partial charge in [0.25, 0.3) is 0 Å². The van der Waals surface area contributed by atoms with Crippen LogP contribution in [0.2, 0.25) is 19.8 Å². The molecular formula is C17H38Sb2. The molecule has 2 heteroatoms. The van der Waals surface area contributed by atoms with Crippen LogP contribution in [0.5, 0.6) is 0 Å². The van der Waals surface area contributed by atoms with Crippen molar-refractivity contribution in [2.24, 2.45) is 0 Å². The molecule has 0 nitrogen and oxygen atoms in total. The second-order valence-corrected chi connectivity index (χ2v) is 24.8. The van der Waals surface area contributed by atoms with E-state index in [1.54, 1.807) is 43.2 Å². The molecule has 116 valence electrons. The van der Waals surface area contributed by atoms with Crippen molar-refractivity contribution in [3.05, 3.63) is 0 Å². The van der Waals surface area contributed by atoms with Crippen molar-refractivity contribution in [2.75, 3.05) is 0 Å². The van der Waals surface area contributed by atoms with Gasteiger partial charge in [-0.25, -0.2) is 0 Å². The summed E-state index contributed by atoms with van der Waals surface area (Å²) in [7, 11) is 0. The van der Waals surface area contributed by atoms with E-state index in [2.05, 4.69) is 27.7 Å². The molecule has 0 radical (unpaired) electrons. The fourth-order valence-corrected chi connectivity index (χ4v) is 37.2. The van der Waals surface area contributed by atoms with Gasteiger partial charge < -0.3 is 0 Å². The Morgan fingerprint density at radius 3 is 0.947 bits per heavy atom. The van der Waals surface area contributed by atoms with Crippen LogP contribution >= 0.6 is 0 Å². The standard InChI is InChI=1S/4C4H9.CH2.2Sb/c4*1-3-4-2;;;/h4*1,3-4H2,2H3;1H2;;. The van der Waals surface area contributed by atoms with Crippen LogP contribution in [0.3, 0.4) is 0 Å². The quantitative estimate of drug-likeness (QED) is 0.240. The predicted octanol–water partition coefficient (Wildman–Crippen LogP) is 6.72. The van der Waals surface area contributed by atoms with Gasteiger partial charge in [0.2, 0.25) is 0 Å². The minimum atomic E-state index is -0.791. The maximum atomic E-state index is 2.38. The normalized spacial score (nSPS) is 11.7. The Hall–Kier alpha value is 1.64. The molecule has 0 amide bonds. The van der Waals surface area contributed by atoms with Gasteiger partial charge in [0.15, 0.2) is 0 Å². The molecule has 0 saturated carbocycles. The molecule has 0 aliphatic heterocycles. The number of hydrogen-bond acceptors (Lipinski definition) is 0. The Labute approximate surface area is 138 Å². The molecule has 0 heterocycles. The third-order valence-corrected chi connectivity index (χ3v) is 32.1. The first-order valence-electron chi connectivity index (χ1n) is 8.73. The monoisotopic (exact) mass is 484 g/mol. The van der Waals surface area contributed by atoms with Gasteiger partial charge in [0, 0.05) is 0 Å². The van der Waals surface area contributed by atoms with Gasteiger partial charge in [0.05, 0.1) is 0 Å². The zero-order valence-corrected chi connectivity index (χ0v) is 19.2. The Bertz CT molecular complexity index is 137. The molecular weight excluding hydrogens is 448 g/mol. The fraction of sp³-hybridized carbons (Fsp3) is 1.00. The van der Waals surface area contributed by atoms with Crippen LogP contribution in [0, 0.1) is 0 Å². The van der Waals surface area contributed by atoms with Gasteiger partial charge in [-0.15, -0.1) is 0 Å². The average Bonchev–Trinajstić information content (AvgIpc) is 2.44. The van der Waals surface area contributed by atoms with E-state index in [0.717, 1.165) is 0 Å². The van der Waals surface area contributed by atoms with E-state index >= 15 is 0 Å². The first-order valence-corrected chi connectivity index (χ1v) is 19.6. The topological polar surface area (TPSA) is 0 Å². The predicted molar refractivity (Wildman–Crippen MR) is 95.2 cm³/mol. The zero-order valence-electron chi connectivity index (χ0n) is 14.1. The molecule has 0 N–H and O–H groups in total. The summed E-state index contributed by atoms with van der Waals surface area (Å²) in [6.45, 7) is 9.52. The van der Waals surface area contributed by atoms with Crippen LogP contribution in [-0.4, -0.2) is 40.4 Å². The van der Waals surface area contributed by atoms with Crippen molar-refractivity contribution >= 4 is 40.4 Å². The molecule has 0 rings (SSSR count). The van der Waals surface area contributed by atoms with Crippen LogP contribution in [0.4, 0.5) is 0 Å². The molecule has 0 saturated heterocycles. The molecule has 19 heavy (non-hydrogen) atoms. The number of hydrogen-bond donors (Lipinski definition) is 0. The van der Waals surface area contributed by atoms with E-state index < -0.39 is 40.4 Å². The van der Waals surface area contributed by atoms with E-state index in [1.807, 2.05) is 2.31 Å². The van der Waals surface area contributed by atoms with Crippen molar-refractivity contribution in [3.8, 4) is 0 Å². The van der Waals surface area contributed by atoms with Gasteiger partial charge in [-0.2, -0.15) is 0 Å². The van der Waals surface area contributed by atoms with Gasteiger partial charge >= 0.3 is 139 Å². The Balaban J connectivity index is 4.16. The summed E-state index contributed by atoms with van der Waals surface area (Å²) in [5.74, 6) is 0. The number of unbranched alkanes of at least 4 members (excludes halogenated alkanes) is 4. The SMILES string of the molecule is CCC[CH2][Sb]([CH2]CCC)[CH2][Sb]([CH2]CCC)[CH2]CCC. The van der Waals surface area contributed by atoms with Crippen LogP contribution in [0.1, 0.15) is 79.1 Å². The minimum absolute atomic E-state index is 0.791. The van der Waals surface area contributed by atoms with E-state index in [-0.39, 0.29) is 0 Å². The van der Waals surface area contributed by atoms with E-state index in [0.29, 0.717) is 0 Å². The molecule has 0 atom stereocenters. The Morgan fingerprint density at radius 2 is 0.737 bits per heavy atom. The van der Waals surface area contributed by atoms with E-state index in [9.17, 15) is 0 Å². The summed E-state index contributed by atoms with van der Waals surface area (Å²) in [6.07, 6.45) is 12.0. The van der Waals surface area contributed by atoms with Crippen molar-refractivity contribution in [2.45, 2.75) is 98.8 Å². The third kappa shape index (κ3) is 13.0. The second-order valence-electron chi connectivity index (χ2n) is 5.79. The average molecular weight is 486 g/mol.